The first-order chi connectivity index (χ1) is 35.0. The number of rotatable bonds is 58. The monoisotopic (exact) mass is 997 g/mol. The maximum absolute atomic E-state index is 12.9. The molecule has 0 aromatic carbocycles. The summed E-state index contributed by atoms with van der Waals surface area (Å²) in [5, 5.41) is 0. The van der Waals surface area contributed by atoms with Crippen LogP contribution in [-0.4, -0.2) is 37.2 Å². The number of esters is 3. The van der Waals surface area contributed by atoms with Gasteiger partial charge < -0.3 is 14.2 Å². The molecule has 1 atom stereocenters. The smallest absolute Gasteiger partial charge is 0.306 e. The van der Waals surface area contributed by atoms with Crippen LogP contribution in [0.5, 0.6) is 0 Å². The maximum atomic E-state index is 12.9. The molecule has 1 unspecified atom stereocenters. The average molecular weight is 998 g/mol. The van der Waals surface area contributed by atoms with E-state index in [0.717, 1.165) is 96.3 Å². The molecule has 0 rings (SSSR count). The number of carbonyl (C=O) groups excluding carboxylic acids is 3. The molecular weight excluding hydrogens is 877 g/mol. The molecule has 71 heavy (non-hydrogen) atoms. The molecule has 6 nitrogen and oxygen atoms in total. The summed E-state index contributed by atoms with van der Waals surface area (Å²) in [4.78, 5) is 38.3. The second-order valence-electron chi connectivity index (χ2n) is 21.3. The molecule has 0 saturated heterocycles. The van der Waals surface area contributed by atoms with Crippen molar-refractivity contribution >= 4 is 17.9 Å². The first kappa shape index (κ1) is 68.6. The highest BCUT2D eigenvalue weighted by molar-refractivity contribution is 5.71. The summed E-state index contributed by atoms with van der Waals surface area (Å²) in [6.07, 6.45) is 72.9. The molecule has 416 valence electrons. The van der Waals surface area contributed by atoms with E-state index in [2.05, 4.69) is 57.2 Å². The lowest BCUT2D eigenvalue weighted by Gasteiger charge is -2.18. The van der Waals surface area contributed by atoms with Gasteiger partial charge in [0, 0.05) is 19.3 Å². The van der Waals surface area contributed by atoms with Crippen LogP contribution in [0.2, 0.25) is 0 Å². The average Bonchev–Trinajstić information content (AvgIpc) is 3.37. The molecule has 0 amide bonds. The van der Waals surface area contributed by atoms with Crippen molar-refractivity contribution in [1.29, 1.82) is 0 Å². The van der Waals surface area contributed by atoms with Crippen molar-refractivity contribution in [3.8, 4) is 0 Å². The zero-order valence-electron chi connectivity index (χ0n) is 47.8. The van der Waals surface area contributed by atoms with Crippen molar-refractivity contribution in [1.82, 2.24) is 0 Å². The largest absolute Gasteiger partial charge is 0.462 e. The molecule has 0 saturated carbocycles. The predicted octanol–water partition coefficient (Wildman–Crippen LogP) is 21.2. The quantitative estimate of drug-likeness (QED) is 0.0261. The lowest BCUT2D eigenvalue weighted by atomic mass is 10.0. The van der Waals surface area contributed by atoms with Crippen LogP contribution in [0, 0.1) is 0 Å². The Hall–Kier alpha value is -2.37. The molecule has 0 aliphatic rings. The van der Waals surface area contributed by atoms with Gasteiger partial charge in [0.05, 0.1) is 0 Å². The molecule has 0 aliphatic carbocycles. The molecule has 6 heteroatoms. The van der Waals surface area contributed by atoms with Crippen molar-refractivity contribution in [2.45, 2.75) is 348 Å². The van der Waals surface area contributed by atoms with Crippen molar-refractivity contribution in [3.05, 3.63) is 36.5 Å². The molecule has 0 spiro atoms. The van der Waals surface area contributed by atoms with Gasteiger partial charge >= 0.3 is 17.9 Å². The van der Waals surface area contributed by atoms with Gasteiger partial charge in [0.25, 0.3) is 0 Å². The van der Waals surface area contributed by atoms with Gasteiger partial charge in [-0.2, -0.15) is 0 Å². The summed E-state index contributed by atoms with van der Waals surface area (Å²) in [5.74, 6) is -0.865. The Kier molecular flexibility index (Phi) is 58.2. The fourth-order valence-corrected chi connectivity index (χ4v) is 9.46. The number of carbonyl (C=O) groups is 3. The first-order valence-corrected chi connectivity index (χ1v) is 31.5. The summed E-state index contributed by atoms with van der Waals surface area (Å²) < 4.78 is 16.9. The Labute approximate surface area is 442 Å². The third-order valence-electron chi connectivity index (χ3n) is 14.2. The lowest BCUT2D eigenvalue weighted by Crippen LogP contribution is -2.30. The first-order valence-electron chi connectivity index (χ1n) is 31.5. The number of unbranched alkanes of at least 4 members (excludes halogenated alkanes) is 41. The van der Waals surface area contributed by atoms with Gasteiger partial charge in [-0.25, -0.2) is 0 Å². The Morgan fingerprint density at radius 1 is 0.296 bits per heavy atom. The van der Waals surface area contributed by atoms with Gasteiger partial charge in [0.2, 0.25) is 0 Å². The molecule has 0 aromatic heterocycles. The highest BCUT2D eigenvalue weighted by Crippen LogP contribution is 2.18. The van der Waals surface area contributed by atoms with E-state index in [0.29, 0.717) is 19.3 Å². The molecule has 0 bridgehead atoms. The number of ether oxygens (including phenoxy) is 3. The van der Waals surface area contributed by atoms with E-state index >= 15 is 0 Å². The highest BCUT2D eigenvalue weighted by atomic mass is 16.6. The van der Waals surface area contributed by atoms with Crippen molar-refractivity contribution in [2.24, 2.45) is 0 Å². The van der Waals surface area contributed by atoms with Crippen LogP contribution in [0.4, 0.5) is 0 Å². The summed E-state index contributed by atoms with van der Waals surface area (Å²) in [7, 11) is 0. The second-order valence-corrected chi connectivity index (χ2v) is 21.3. The van der Waals surface area contributed by atoms with Crippen LogP contribution in [0.15, 0.2) is 36.5 Å². The van der Waals surface area contributed by atoms with E-state index in [1.54, 1.807) is 0 Å². The predicted molar refractivity (Wildman–Crippen MR) is 307 cm³/mol. The topological polar surface area (TPSA) is 78.9 Å². The normalized spacial score (nSPS) is 12.2. The maximum Gasteiger partial charge on any atom is 0.306 e. The molecule has 0 aromatic rings. The Morgan fingerprint density at radius 3 is 0.859 bits per heavy atom. The summed E-state index contributed by atoms with van der Waals surface area (Å²) in [5.41, 5.74) is 0. The van der Waals surface area contributed by atoms with Gasteiger partial charge in [-0.1, -0.05) is 308 Å². The number of hydrogen-bond donors (Lipinski definition) is 0. The van der Waals surface area contributed by atoms with Crippen molar-refractivity contribution < 1.29 is 28.6 Å². The Bertz CT molecular complexity index is 1190. The van der Waals surface area contributed by atoms with Gasteiger partial charge in [0.1, 0.15) is 13.2 Å². The van der Waals surface area contributed by atoms with Gasteiger partial charge in [-0.3, -0.25) is 14.4 Å². The molecule has 0 fully saturated rings. The fraction of sp³-hybridized carbons (Fsp3) is 0.862. The summed E-state index contributed by atoms with van der Waals surface area (Å²) in [6, 6.07) is 0. The lowest BCUT2D eigenvalue weighted by molar-refractivity contribution is -0.167. The third-order valence-corrected chi connectivity index (χ3v) is 14.2. The Balaban J connectivity index is 4.31. The highest BCUT2D eigenvalue weighted by Gasteiger charge is 2.19. The number of hydrogen-bond acceptors (Lipinski definition) is 6. The summed E-state index contributed by atoms with van der Waals surface area (Å²) >= 11 is 0. The fourth-order valence-electron chi connectivity index (χ4n) is 9.46. The van der Waals surface area contributed by atoms with E-state index in [4.69, 9.17) is 14.2 Å². The standard InChI is InChI=1S/C65H120O6/c1-4-7-10-13-16-19-22-25-28-30-32-33-35-37-40-43-46-49-52-55-58-64(67)70-61-62(60-69-63(66)57-54-51-48-45-42-39-36-27-24-21-18-15-12-9-6-3)71-65(68)59-56-53-50-47-44-41-38-34-31-29-26-23-20-17-14-11-8-5-2/h9,12,18,21,27,36,62H,4-8,10-11,13-17,19-20,22-26,28-35,37-61H2,1-3H3/b12-9-,21-18-,36-27-. The molecule has 0 aliphatic heterocycles. The minimum absolute atomic E-state index is 0.0722. The third kappa shape index (κ3) is 58.4. The summed E-state index contributed by atoms with van der Waals surface area (Å²) in [6.45, 7) is 6.58. The number of allylic oxidation sites excluding steroid dienone is 6. The van der Waals surface area contributed by atoms with Crippen molar-refractivity contribution in [2.75, 3.05) is 13.2 Å². The zero-order chi connectivity index (χ0) is 51.4. The van der Waals surface area contributed by atoms with Gasteiger partial charge in [0.15, 0.2) is 6.10 Å². The second kappa shape index (κ2) is 60.2. The van der Waals surface area contributed by atoms with Crippen LogP contribution in [0.25, 0.3) is 0 Å². The zero-order valence-corrected chi connectivity index (χ0v) is 47.8. The SMILES string of the molecule is CC/C=C\C/C=C\C/C=C\CCCCCCCC(=O)OCC(COC(=O)CCCCCCCCCCCCCCCCCCCCCC)OC(=O)CCCCCCCCCCCCCCCCCCCC. The minimum atomic E-state index is -0.776. The Morgan fingerprint density at radius 2 is 0.549 bits per heavy atom. The molecule has 0 N–H and O–H groups in total. The van der Waals surface area contributed by atoms with E-state index in [1.165, 1.54) is 205 Å². The van der Waals surface area contributed by atoms with Gasteiger partial charge in [-0.15, -0.1) is 0 Å². The van der Waals surface area contributed by atoms with E-state index in [9.17, 15) is 14.4 Å². The minimum Gasteiger partial charge on any atom is -0.462 e. The van der Waals surface area contributed by atoms with E-state index in [-0.39, 0.29) is 31.1 Å². The van der Waals surface area contributed by atoms with E-state index in [1.807, 2.05) is 0 Å². The molecular formula is C65H120O6. The van der Waals surface area contributed by atoms with Crippen LogP contribution in [0.1, 0.15) is 342 Å². The van der Waals surface area contributed by atoms with Crippen molar-refractivity contribution in [3.63, 3.8) is 0 Å². The molecule has 0 radical (unpaired) electrons. The van der Waals surface area contributed by atoms with Crippen LogP contribution < -0.4 is 0 Å². The van der Waals surface area contributed by atoms with Crippen LogP contribution in [0.3, 0.4) is 0 Å². The van der Waals surface area contributed by atoms with Gasteiger partial charge in [-0.05, 0) is 51.4 Å². The van der Waals surface area contributed by atoms with Crippen LogP contribution >= 0.6 is 0 Å². The van der Waals surface area contributed by atoms with Crippen LogP contribution in [-0.2, 0) is 28.6 Å². The molecule has 0 heterocycles. The van der Waals surface area contributed by atoms with E-state index < -0.39 is 6.10 Å².